The number of halogens is 4. The maximum Gasteiger partial charge on any atom is 0.299 e. The van der Waals surface area contributed by atoms with Gasteiger partial charge < -0.3 is 15.5 Å². The van der Waals surface area contributed by atoms with Crippen LogP contribution < -0.4 is 15.2 Å². The van der Waals surface area contributed by atoms with Crippen LogP contribution in [0.1, 0.15) is 79.8 Å². The van der Waals surface area contributed by atoms with Crippen LogP contribution in [0.15, 0.2) is 84.9 Å². The third-order valence-corrected chi connectivity index (χ3v) is 14.6. The van der Waals surface area contributed by atoms with Crippen molar-refractivity contribution in [2.24, 2.45) is 0 Å². The van der Waals surface area contributed by atoms with Gasteiger partial charge >= 0.3 is 0 Å². The Labute approximate surface area is 397 Å². The standard InChI is InChI=1S/C27H34ClFN4O3S.C23H25ClFN3O/c1-18-13-20(25(14-24(18)28)30-37(35,36)31-27(2,3)4)7-12-26(34)33-22-10-11-23(33)17-32(16-22)15-19-5-8-21(29)9-6-19;1-15-10-17(22(26)11-21(15)24)4-9-23(29)28-19-7-8-20(28)14-27(13-19)12-16-2-5-18(25)6-3-16/h5-9,12-14,22-23,30-31H,10-11,15-17H2,1-4H3;2-6,9-11,19-20H,7-8,12-14,26H2,1H3/b12-7+;9-4+. The number of nitrogen functional groups attached to an aromatic ring is 1. The summed E-state index contributed by atoms with van der Waals surface area (Å²) in [5.74, 6) is -0.523. The minimum atomic E-state index is -3.86. The monoisotopic (exact) mass is 961 g/mol. The van der Waals surface area contributed by atoms with Gasteiger partial charge in [0.25, 0.3) is 10.2 Å². The minimum absolute atomic E-state index is 0.0333. The fraction of sp³-hybridized carbons (Fsp3) is 0.400. The number of piperazine rings is 2. The van der Waals surface area contributed by atoms with E-state index < -0.39 is 15.7 Å². The summed E-state index contributed by atoms with van der Waals surface area (Å²) < 4.78 is 56.7. The van der Waals surface area contributed by atoms with E-state index in [-0.39, 0.29) is 47.6 Å². The number of anilines is 2. The average molecular weight is 963 g/mol. The van der Waals surface area contributed by atoms with Crippen LogP contribution in [0, 0.1) is 25.5 Å². The van der Waals surface area contributed by atoms with Crippen LogP contribution in [-0.2, 0) is 32.9 Å². The molecule has 4 bridgehead atoms. The predicted octanol–water partition coefficient (Wildman–Crippen LogP) is 8.98. The highest BCUT2D eigenvalue weighted by atomic mass is 35.5. The Bertz CT molecular complexity index is 2560. The molecule has 2 amide bonds. The number of likely N-dealkylation sites (tertiary alicyclic amines) is 2. The molecule has 8 rings (SSSR count). The van der Waals surface area contributed by atoms with E-state index in [9.17, 15) is 26.8 Å². The molecular weight excluding hydrogens is 904 g/mol. The molecule has 4 N–H and O–H groups in total. The van der Waals surface area contributed by atoms with Crippen LogP contribution in [0.3, 0.4) is 0 Å². The van der Waals surface area contributed by atoms with Gasteiger partial charge in [-0.1, -0.05) is 47.5 Å². The molecule has 0 saturated carbocycles. The summed E-state index contributed by atoms with van der Waals surface area (Å²) in [5, 5.41) is 1.05. The molecule has 4 aromatic carbocycles. The molecule has 0 spiro atoms. The molecule has 352 valence electrons. The number of hydrogen-bond acceptors (Lipinski definition) is 7. The second-order valence-electron chi connectivity index (χ2n) is 18.9. The molecule has 4 aromatic rings. The van der Waals surface area contributed by atoms with Crippen LogP contribution in [0.2, 0.25) is 10.0 Å². The van der Waals surface area contributed by atoms with E-state index in [1.807, 2.05) is 41.8 Å². The van der Waals surface area contributed by atoms with Crippen LogP contribution in [0.25, 0.3) is 12.2 Å². The maximum absolute atomic E-state index is 13.3. The Morgan fingerprint density at radius 2 is 1.08 bits per heavy atom. The number of carbonyl (C=O) groups excluding carboxylic acids is 2. The summed E-state index contributed by atoms with van der Waals surface area (Å²) in [6.07, 6.45) is 10.5. The minimum Gasteiger partial charge on any atom is -0.398 e. The zero-order valence-electron chi connectivity index (χ0n) is 38.0. The van der Waals surface area contributed by atoms with Crippen molar-refractivity contribution in [3.8, 4) is 0 Å². The summed E-state index contributed by atoms with van der Waals surface area (Å²) >= 11 is 12.4. The van der Waals surface area contributed by atoms with E-state index in [2.05, 4.69) is 19.2 Å². The van der Waals surface area contributed by atoms with Gasteiger partial charge in [0, 0.05) is 96.9 Å². The Hall–Kier alpha value is -4.83. The molecule has 4 aliphatic rings. The quantitative estimate of drug-likeness (QED) is 0.101. The number of rotatable bonds is 11. The van der Waals surface area contributed by atoms with Crippen molar-refractivity contribution in [1.29, 1.82) is 0 Å². The molecule has 11 nitrogen and oxygen atoms in total. The summed E-state index contributed by atoms with van der Waals surface area (Å²) in [4.78, 5) is 34.8. The predicted molar refractivity (Wildman–Crippen MR) is 261 cm³/mol. The summed E-state index contributed by atoms with van der Waals surface area (Å²) in [7, 11) is -3.86. The van der Waals surface area contributed by atoms with Gasteiger partial charge in [-0.05, 0) is 154 Å². The van der Waals surface area contributed by atoms with Crippen LogP contribution in [0.5, 0.6) is 0 Å². The molecule has 4 aliphatic heterocycles. The SMILES string of the molecule is Cc1cc(/C=C/C(=O)N2C3CCC2CN(Cc2ccc(F)cc2)C3)c(N)cc1Cl.Cc1cc(/C=C/C(=O)N2C3CCC2CN(Cc2ccc(F)cc2)C3)c(NS(=O)(=O)NC(C)(C)C)cc1Cl. The molecule has 66 heavy (non-hydrogen) atoms. The van der Waals surface area contributed by atoms with Gasteiger partial charge in [0.15, 0.2) is 0 Å². The lowest BCUT2D eigenvalue weighted by atomic mass is 10.1. The largest absolute Gasteiger partial charge is 0.398 e. The molecule has 0 radical (unpaired) electrons. The lowest BCUT2D eigenvalue weighted by Crippen LogP contribution is -2.55. The molecule has 4 atom stereocenters. The maximum atomic E-state index is 13.3. The van der Waals surface area contributed by atoms with E-state index in [1.54, 1.807) is 69.3 Å². The normalized spacial score (nSPS) is 21.1. The summed E-state index contributed by atoms with van der Waals surface area (Å²) in [5.41, 5.74) is 11.4. The highest BCUT2D eigenvalue weighted by molar-refractivity contribution is 7.90. The van der Waals surface area contributed by atoms with Crippen molar-refractivity contribution in [3.63, 3.8) is 0 Å². The van der Waals surface area contributed by atoms with Gasteiger partial charge in [-0.25, -0.2) is 8.78 Å². The Kier molecular flexibility index (Phi) is 15.3. The van der Waals surface area contributed by atoms with Crippen LogP contribution >= 0.6 is 23.2 Å². The number of nitrogens with zero attached hydrogens (tertiary/aromatic N) is 4. The van der Waals surface area contributed by atoms with E-state index in [0.717, 1.165) is 92.8 Å². The number of amides is 2. The summed E-state index contributed by atoms with van der Waals surface area (Å²) in [6.45, 7) is 13.7. The lowest BCUT2D eigenvalue weighted by Gasteiger charge is -2.40. The van der Waals surface area contributed by atoms with E-state index >= 15 is 0 Å². The zero-order valence-corrected chi connectivity index (χ0v) is 40.4. The van der Waals surface area contributed by atoms with Crippen LogP contribution in [0.4, 0.5) is 20.2 Å². The molecule has 4 saturated heterocycles. The van der Waals surface area contributed by atoms with Gasteiger partial charge in [-0.15, -0.1) is 0 Å². The van der Waals surface area contributed by atoms with Crippen molar-refractivity contribution in [1.82, 2.24) is 24.3 Å². The van der Waals surface area contributed by atoms with Crippen molar-refractivity contribution in [2.45, 2.75) is 103 Å². The lowest BCUT2D eigenvalue weighted by molar-refractivity contribution is -0.132. The Balaban J connectivity index is 0.000000202. The number of nitrogens with one attached hydrogen (secondary N) is 2. The van der Waals surface area contributed by atoms with Gasteiger partial charge in [0.1, 0.15) is 11.6 Å². The number of aryl methyl sites for hydroxylation is 2. The first-order valence-corrected chi connectivity index (χ1v) is 24.6. The number of hydrogen-bond donors (Lipinski definition) is 3. The van der Waals surface area contributed by atoms with Gasteiger partial charge in [-0.2, -0.15) is 13.1 Å². The molecule has 4 fully saturated rings. The van der Waals surface area contributed by atoms with Crippen molar-refractivity contribution in [3.05, 3.63) is 140 Å². The van der Waals surface area contributed by atoms with Gasteiger partial charge in [-0.3, -0.25) is 24.1 Å². The first-order valence-electron chi connectivity index (χ1n) is 22.3. The molecular formula is C50H59Cl2F2N7O4S. The molecule has 0 aromatic heterocycles. The highest BCUT2D eigenvalue weighted by Crippen LogP contribution is 2.34. The van der Waals surface area contributed by atoms with E-state index in [4.69, 9.17) is 28.9 Å². The van der Waals surface area contributed by atoms with Gasteiger partial charge in [0.05, 0.1) is 5.69 Å². The van der Waals surface area contributed by atoms with Crippen molar-refractivity contribution >= 4 is 68.8 Å². The number of fused-ring (bicyclic) bond motifs is 4. The topological polar surface area (TPSA) is 131 Å². The second-order valence-corrected chi connectivity index (χ2v) is 21.2. The van der Waals surface area contributed by atoms with E-state index in [0.29, 0.717) is 27.0 Å². The van der Waals surface area contributed by atoms with Crippen LogP contribution in [-0.4, -0.2) is 95.7 Å². The van der Waals surface area contributed by atoms with Crippen molar-refractivity contribution in [2.75, 3.05) is 36.6 Å². The fourth-order valence-electron chi connectivity index (χ4n) is 9.52. The molecule has 16 heteroatoms. The first kappa shape index (κ1) is 49.1. The number of carbonyl (C=O) groups is 2. The molecule has 4 heterocycles. The second kappa shape index (κ2) is 20.6. The van der Waals surface area contributed by atoms with Gasteiger partial charge in [0.2, 0.25) is 11.8 Å². The third-order valence-electron chi connectivity index (χ3n) is 12.5. The molecule has 4 unspecified atom stereocenters. The third kappa shape index (κ3) is 12.6. The number of benzene rings is 4. The Morgan fingerprint density at radius 1 is 0.682 bits per heavy atom. The average Bonchev–Trinajstić information content (AvgIpc) is 3.67. The smallest absolute Gasteiger partial charge is 0.299 e. The van der Waals surface area contributed by atoms with E-state index in [1.165, 1.54) is 30.3 Å². The zero-order chi connectivity index (χ0) is 47.5. The number of nitrogens with two attached hydrogens (primary N) is 1. The molecule has 0 aliphatic carbocycles. The highest BCUT2D eigenvalue weighted by Gasteiger charge is 2.43. The Morgan fingerprint density at radius 3 is 1.50 bits per heavy atom. The first-order chi connectivity index (χ1) is 31.2. The van der Waals surface area contributed by atoms with Crippen molar-refractivity contribution < 1.29 is 26.8 Å². The summed E-state index contributed by atoms with van der Waals surface area (Å²) in [6, 6.07) is 20.8. The fourth-order valence-corrected chi connectivity index (χ4v) is 11.2.